The first-order valence-electron chi connectivity index (χ1n) is 3.82. The van der Waals surface area contributed by atoms with Crippen LogP contribution in [0.5, 0.6) is 5.75 Å². The number of nitrogen functional groups attached to an aromatic ring is 1. The summed E-state index contributed by atoms with van der Waals surface area (Å²) < 4.78 is 18.2. The van der Waals surface area contributed by atoms with Crippen LogP contribution in [0.3, 0.4) is 0 Å². The highest BCUT2D eigenvalue weighted by Crippen LogP contribution is 2.24. The number of rotatable bonds is 3. The third kappa shape index (κ3) is 2.04. The van der Waals surface area contributed by atoms with Crippen LogP contribution in [0.25, 0.3) is 0 Å². The maximum atomic E-state index is 13.5. The van der Waals surface area contributed by atoms with E-state index in [4.69, 9.17) is 10.5 Å². The van der Waals surface area contributed by atoms with E-state index in [0.717, 1.165) is 0 Å². The molecule has 14 heavy (non-hydrogen) atoms. The van der Waals surface area contributed by atoms with E-state index in [9.17, 15) is 9.18 Å². The van der Waals surface area contributed by atoms with Crippen molar-refractivity contribution in [3.8, 4) is 5.75 Å². The number of benzene rings is 1. The minimum absolute atomic E-state index is 0.0192. The Kier molecular flexibility index (Phi) is 3.46. The smallest absolute Gasteiger partial charge is 0.176 e. The largest absolute Gasteiger partial charge is 0.494 e. The number of nitrogens with two attached hydrogens (primary N) is 1. The zero-order chi connectivity index (χ0) is 10.7. The molecule has 0 fully saturated rings. The van der Waals surface area contributed by atoms with Crippen LogP contribution in [0, 0.1) is 5.82 Å². The van der Waals surface area contributed by atoms with E-state index in [0.29, 0.717) is 5.69 Å². The van der Waals surface area contributed by atoms with Crippen LogP contribution in [-0.4, -0.2) is 18.2 Å². The minimum atomic E-state index is -0.675. The molecule has 1 aromatic rings. The van der Waals surface area contributed by atoms with Gasteiger partial charge in [-0.1, -0.05) is 15.9 Å². The number of methoxy groups -OCH3 is 1. The summed E-state index contributed by atoms with van der Waals surface area (Å²) in [6.07, 6.45) is 0. The zero-order valence-electron chi connectivity index (χ0n) is 7.51. The number of hydrogen-bond acceptors (Lipinski definition) is 3. The summed E-state index contributed by atoms with van der Waals surface area (Å²) in [7, 11) is 1.32. The average Bonchev–Trinajstić information content (AvgIpc) is 2.19. The van der Waals surface area contributed by atoms with Gasteiger partial charge in [-0.2, -0.15) is 0 Å². The van der Waals surface area contributed by atoms with Crippen molar-refractivity contribution >= 4 is 27.4 Å². The van der Waals surface area contributed by atoms with Crippen molar-refractivity contribution in [3.05, 3.63) is 23.5 Å². The summed E-state index contributed by atoms with van der Waals surface area (Å²) in [5, 5.41) is 0.0521. The molecule has 2 N–H and O–H groups in total. The number of halogens is 2. The fourth-order valence-electron chi connectivity index (χ4n) is 1.04. The lowest BCUT2D eigenvalue weighted by molar-refractivity contribution is 0.101. The first kappa shape index (κ1) is 11.0. The molecule has 0 saturated carbocycles. The SMILES string of the molecule is COc1cc(N)cc(C(=O)CBr)c1F. The van der Waals surface area contributed by atoms with Crippen molar-refractivity contribution in [2.45, 2.75) is 0 Å². The predicted molar refractivity (Wildman–Crippen MR) is 55.5 cm³/mol. The quantitative estimate of drug-likeness (QED) is 0.515. The molecule has 0 amide bonds. The fourth-order valence-corrected chi connectivity index (χ4v) is 1.34. The summed E-state index contributed by atoms with van der Waals surface area (Å²) in [6, 6.07) is 2.63. The van der Waals surface area contributed by atoms with E-state index in [2.05, 4.69) is 15.9 Å². The molecule has 1 rings (SSSR count). The molecule has 76 valence electrons. The van der Waals surface area contributed by atoms with E-state index < -0.39 is 5.82 Å². The maximum Gasteiger partial charge on any atom is 0.176 e. The number of carbonyl (C=O) groups excluding carboxylic acids is 1. The highest BCUT2D eigenvalue weighted by molar-refractivity contribution is 9.09. The van der Waals surface area contributed by atoms with Gasteiger partial charge in [0.05, 0.1) is 18.0 Å². The van der Waals surface area contributed by atoms with Crippen molar-refractivity contribution in [2.24, 2.45) is 0 Å². The van der Waals surface area contributed by atoms with E-state index in [1.54, 1.807) is 0 Å². The van der Waals surface area contributed by atoms with Gasteiger partial charge in [-0.25, -0.2) is 4.39 Å². The molecule has 0 aromatic heterocycles. The Bertz CT molecular complexity index is 368. The number of carbonyl (C=O) groups is 1. The van der Waals surface area contributed by atoms with Crippen LogP contribution in [0.15, 0.2) is 12.1 Å². The van der Waals surface area contributed by atoms with Crippen molar-refractivity contribution < 1.29 is 13.9 Å². The third-order valence-electron chi connectivity index (χ3n) is 1.70. The Labute approximate surface area is 89.2 Å². The normalized spacial score (nSPS) is 9.93. The van der Waals surface area contributed by atoms with Gasteiger partial charge in [0.2, 0.25) is 0 Å². The van der Waals surface area contributed by atoms with Gasteiger partial charge >= 0.3 is 0 Å². The van der Waals surface area contributed by atoms with E-state index >= 15 is 0 Å². The number of anilines is 1. The summed E-state index contributed by atoms with van der Waals surface area (Å²) >= 11 is 2.96. The Hall–Kier alpha value is -1.10. The molecule has 0 radical (unpaired) electrons. The van der Waals surface area contributed by atoms with Gasteiger partial charge in [0.1, 0.15) is 0 Å². The predicted octanol–water partition coefficient (Wildman–Crippen LogP) is 1.99. The molecular formula is C9H9BrFNO2. The lowest BCUT2D eigenvalue weighted by atomic mass is 10.1. The number of alkyl halides is 1. The molecule has 1 aromatic carbocycles. The second-order valence-corrected chi connectivity index (χ2v) is 3.20. The van der Waals surface area contributed by atoms with Crippen LogP contribution in [-0.2, 0) is 0 Å². The number of Topliss-reactive ketones (excluding diaryl/α,β-unsaturated/α-hetero) is 1. The molecule has 0 heterocycles. The summed E-state index contributed by atoms with van der Waals surface area (Å²) in [4.78, 5) is 11.3. The third-order valence-corrected chi connectivity index (χ3v) is 2.21. The molecule has 0 bridgehead atoms. The monoisotopic (exact) mass is 261 g/mol. The van der Waals surface area contributed by atoms with Crippen LogP contribution < -0.4 is 10.5 Å². The molecule has 0 atom stereocenters. The Morgan fingerprint density at radius 3 is 2.79 bits per heavy atom. The minimum Gasteiger partial charge on any atom is -0.494 e. The first-order valence-corrected chi connectivity index (χ1v) is 4.94. The van der Waals surface area contributed by atoms with E-state index in [-0.39, 0.29) is 22.4 Å². The lowest BCUT2D eigenvalue weighted by Crippen LogP contribution is -2.06. The number of ether oxygens (including phenoxy) is 1. The molecule has 0 aliphatic rings. The molecule has 3 nitrogen and oxygen atoms in total. The zero-order valence-corrected chi connectivity index (χ0v) is 9.10. The van der Waals surface area contributed by atoms with Crippen molar-refractivity contribution in [1.82, 2.24) is 0 Å². The van der Waals surface area contributed by atoms with Crippen molar-refractivity contribution in [1.29, 1.82) is 0 Å². The molecule has 0 unspecified atom stereocenters. The molecule has 0 aliphatic heterocycles. The Balaban J connectivity index is 3.29. The molecule has 0 saturated heterocycles. The summed E-state index contributed by atoms with van der Waals surface area (Å²) in [5.41, 5.74) is 5.72. The molecule has 0 spiro atoms. The molecule has 5 heteroatoms. The molecular weight excluding hydrogens is 253 g/mol. The second-order valence-electron chi connectivity index (χ2n) is 2.64. The van der Waals surface area contributed by atoms with Gasteiger partial charge in [0.25, 0.3) is 0 Å². The lowest BCUT2D eigenvalue weighted by Gasteiger charge is -2.07. The highest BCUT2D eigenvalue weighted by Gasteiger charge is 2.15. The highest BCUT2D eigenvalue weighted by atomic mass is 79.9. The van der Waals surface area contributed by atoms with Crippen LogP contribution in [0.2, 0.25) is 0 Å². The van der Waals surface area contributed by atoms with Gasteiger partial charge in [0.15, 0.2) is 17.3 Å². The van der Waals surface area contributed by atoms with Crippen LogP contribution in [0.1, 0.15) is 10.4 Å². The van der Waals surface area contributed by atoms with Crippen LogP contribution >= 0.6 is 15.9 Å². The van der Waals surface area contributed by atoms with Gasteiger partial charge in [0, 0.05) is 11.8 Å². The van der Waals surface area contributed by atoms with Gasteiger partial charge in [-0.3, -0.25) is 4.79 Å². The number of hydrogen-bond donors (Lipinski definition) is 1. The van der Waals surface area contributed by atoms with E-state index in [1.165, 1.54) is 19.2 Å². The second kappa shape index (κ2) is 4.41. The standard InChI is InChI=1S/C9H9BrFNO2/c1-14-8-3-5(12)2-6(9(8)11)7(13)4-10/h2-3H,4,12H2,1H3. The van der Waals surface area contributed by atoms with Gasteiger partial charge in [-0.15, -0.1) is 0 Å². The maximum absolute atomic E-state index is 13.5. The fraction of sp³-hybridized carbons (Fsp3) is 0.222. The number of ketones is 1. The van der Waals surface area contributed by atoms with Crippen molar-refractivity contribution in [2.75, 3.05) is 18.2 Å². The van der Waals surface area contributed by atoms with E-state index in [1.807, 2.05) is 0 Å². The van der Waals surface area contributed by atoms with Gasteiger partial charge in [-0.05, 0) is 6.07 Å². The Morgan fingerprint density at radius 2 is 2.29 bits per heavy atom. The Morgan fingerprint density at radius 1 is 1.64 bits per heavy atom. The summed E-state index contributed by atoms with van der Waals surface area (Å²) in [6.45, 7) is 0. The molecule has 0 aliphatic carbocycles. The summed E-state index contributed by atoms with van der Waals surface area (Å²) in [5.74, 6) is -1.06. The average molecular weight is 262 g/mol. The topological polar surface area (TPSA) is 52.3 Å². The van der Waals surface area contributed by atoms with Crippen molar-refractivity contribution in [3.63, 3.8) is 0 Å². The van der Waals surface area contributed by atoms with Crippen LogP contribution in [0.4, 0.5) is 10.1 Å². The first-order chi connectivity index (χ1) is 6.60. The van der Waals surface area contributed by atoms with Gasteiger partial charge < -0.3 is 10.5 Å².